The number of hydrogen-bond donors (Lipinski definition) is 1. The van der Waals surface area contributed by atoms with E-state index in [1.165, 1.54) is 0 Å². The van der Waals surface area contributed by atoms with E-state index in [9.17, 15) is 9.59 Å². The van der Waals surface area contributed by atoms with Crippen molar-refractivity contribution < 1.29 is 4.79 Å². The number of rotatable bonds is 4. The highest BCUT2D eigenvalue weighted by molar-refractivity contribution is 6.04. The molecule has 4 aromatic rings. The second-order valence-electron chi connectivity index (χ2n) is 6.70. The van der Waals surface area contributed by atoms with Gasteiger partial charge in [0, 0.05) is 29.6 Å². The molecule has 4 rings (SSSR count). The molecule has 0 unspecified atom stereocenters. The van der Waals surface area contributed by atoms with Crippen LogP contribution in [0.1, 0.15) is 22.8 Å². The lowest BCUT2D eigenvalue weighted by atomic mass is 10.1. The van der Waals surface area contributed by atoms with Crippen molar-refractivity contribution in [3.05, 3.63) is 88.3 Å². The van der Waals surface area contributed by atoms with Crippen LogP contribution >= 0.6 is 0 Å². The monoisotopic (exact) mass is 384 g/mol. The van der Waals surface area contributed by atoms with Gasteiger partial charge in [-0.2, -0.15) is 0 Å². The van der Waals surface area contributed by atoms with E-state index in [0.717, 1.165) is 11.3 Å². The highest BCUT2D eigenvalue weighted by Crippen LogP contribution is 2.19. The molecule has 6 nitrogen and oxygen atoms in total. The second-order valence-corrected chi connectivity index (χ2v) is 6.70. The van der Waals surface area contributed by atoms with E-state index in [4.69, 9.17) is 0 Å². The van der Waals surface area contributed by atoms with Crippen LogP contribution in [0.25, 0.3) is 22.4 Å². The SMILES string of the molecule is CCn1c(=O)c(-c2ccc(C(=O)Nc3ccccc3C)cc2)nc2cccnc21. The minimum absolute atomic E-state index is 0.198. The lowest BCUT2D eigenvalue weighted by molar-refractivity contribution is 0.102. The zero-order valence-electron chi connectivity index (χ0n) is 16.2. The predicted octanol–water partition coefficient (Wildman–Crippen LogP) is 4.04. The predicted molar refractivity (Wildman–Crippen MR) is 114 cm³/mol. The Labute approximate surface area is 167 Å². The highest BCUT2D eigenvalue weighted by atomic mass is 16.1. The first-order valence-corrected chi connectivity index (χ1v) is 9.41. The Morgan fingerprint density at radius 3 is 2.52 bits per heavy atom. The average molecular weight is 384 g/mol. The second kappa shape index (κ2) is 7.67. The first kappa shape index (κ1) is 18.6. The van der Waals surface area contributed by atoms with Crippen LogP contribution in [0.15, 0.2) is 71.7 Å². The largest absolute Gasteiger partial charge is 0.322 e. The van der Waals surface area contributed by atoms with E-state index in [0.29, 0.717) is 34.5 Å². The Kier molecular flexibility index (Phi) is 4.91. The summed E-state index contributed by atoms with van der Waals surface area (Å²) in [5, 5.41) is 2.91. The average Bonchev–Trinajstić information content (AvgIpc) is 2.75. The molecule has 0 radical (unpaired) electrons. The van der Waals surface area contributed by atoms with Crippen LogP contribution in [0.3, 0.4) is 0 Å². The molecule has 29 heavy (non-hydrogen) atoms. The Bertz CT molecular complexity index is 1260. The van der Waals surface area contributed by atoms with Crippen molar-refractivity contribution in [3.63, 3.8) is 0 Å². The van der Waals surface area contributed by atoms with E-state index in [2.05, 4.69) is 15.3 Å². The van der Waals surface area contributed by atoms with Crippen molar-refractivity contribution in [2.24, 2.45) is 0 Å². The number of amides is 1. The zero-order chi connectivity index (χ0) is 20.4. The first-order chi connectivity index (χ1) is 14.1. The third-order valence-corrected chi connectivity index (χ3v) is 4.83. The molecule has 144 valence electrons. The minimum Gasteiger partial charge on any atom is -0.322 e. The van der Waals surface area contributed by atoms with Gasteiger partial charge in [0.25, 0.3) is 11.5 Å². The first-order valence-electron chi connectivity index (χ1n) is 9.41. The number of benzene rings is 2. The summed E-state index contributed by atoms with van der Waals surface area (Å²) in [5.74, 6) is -0.201. The van der Waals surface area contributed by atoms with E-state index >= 15 is 0 Å². The maximum absolute atomic E-state index is 12.9. The fraction of sp³-hybridized carbons (Fsp3) is 0.130. The fourth-order valence-corrected chi connectivity index (χ4v) is 3.24. The topological polar surface area (TPSA) is 76.9 Å². The molecule has 2 aromatic carbocycles. The van der Waals surface area contributed by atoms with Gasteiger partial charge < -0.3 is 5.32 Å². The number of fused-ring (bicyclic) bond motifs is 1. The number of para-hydroxylation sites is 1. The summed E-state index contributed by atoms with van der Waals surface area (Å²) in [6.07, 6.45) is 1.65. The van der Waals surface area contributed by atoms with Gasteiger partial charge in [-0.3, -0.25) is 14.2 Å². The van der Waals surface area contributed by atoms with Crippen molar-refractivity contribution in [1.29, 1.82) is 0 Å². The summed E-state index contributed by atoms with van der Waals surface area (Å²) < 4.78 is 1.61. The summed E-state index contributed by atoms with van der Waals surface area (Å²) in [4.78, 5) is 34.2. The molecule has 0 fully saturated rings. The van der Waals surface area contributed by atoms with Gasteiger partial charge in [0.05, 0.1) is 0 Å². The molecule has 6 heteroatoms. The van der Waals surface area contributed by atoms with E-state index in [-0.39, 0.29) is 11.5 Å². The highest BCUT2D eigenvalue weighted by Gasteiger charge is 2.14. The number of carbonyl (C=O) groups is 1. The molecule has 1 N–H and O–H groups in total. The molecule has 2 heterocycles. The van der Waals surface area contributed by atoms with Crippen molar-refractivity contribution in [2.45, 2.75) is 20.4 Å². The molecule has 0 aliphatic rings. The molecule has 0 atom stereocenters. The Morgan fingerprint density at radius 2 is 1.79 bits per heavy atom. The van der Waals surface area contributed by atoms with Crippen molar-refractivity contribution in [1.82, 2.24) is 14.5 Å². The standard InChI is InChI=1S/C23H20N4O2/c1-3-27-21-19(9-6-14-24-21)25-20(23(27)29)16-10-12-17(13-11-16)22(28)26-18-8-5-4-7-15(18)2/h4-14H,3H2,1-2H3,(H,26,28). The quantitative estimate of drug-likeness (QED) is 0.576. The van der Waals surface area contributed by atoms with Crippen molar-refractivity contribution >= 4 is 22.8 Å². The maximum atomic E-state index is 12.9. The molecular weight excluding hydrogens is 364 g/mol. The van der Waals surface area contributed by atoms with Gasteiger partial charge in [-0.1, -0.05) is 30.3 Å². The van der Waals surface area contributed by atoms with E-state index in [1.54, 1.807) is 41.1 Å². The number of aryl methyl sites for hydroxylation is 2. The van der Waals surface area contributed by atoms with Crippen LogP contribution in [-0.2, 0) is 6.54 Å². The minimum atomic E-state index is -0.201. The summed E-state index contributed by atoms with van der Waals surface area (Å²) in [7, 11) is 0. The summed E-state index contributed by atoms with van der Waals surface area (Å²) >= 11 is 0. The number of nitrogens with zero attached hydrogens (tertiary/aromatic N) is 3. The molecule has 2 aromatic heterocycles. The van der Waals surface area contributed by atoms with E-state index < -0.39 is 0 Å². The molecule has 1 amide bonds. The van der Waals surface area contributed by atoms with Crippen molar-refractivity contribution in [2.75, 3.05) is 5.32 Å². The molecule has 0 bridgehead atoms. The summed E-state index contributed by atoms with van der Waals surface area (Å²) in [6, 6.07) is 18.1. The van der Waals surface area contributed by atoms with Crippen molar-refractivity contribution in [3.8, 4) is 11.3 Å². The van der Waals surface area contributed by atoms with Gasteiger partial charge in [-0.05, 0) is 49.7 Å². The number of pyridine rings is 1. The Balaban J connectivity index is 1.68. The Morgan fingerprint density at radius 1 is 1.03 bits per heavy atom. The number of anilines is 1. The van der Waals surface area contributed by atoms with Gasteiger partial charge in [0.15, 0.2) is 5.65 Å². The summed E-state index contributed by atoms with van der Waals surface area (Å²) in [5.41, 5.74) is 4.31. The molecule has 0 aliphatic heterocycles. The van der Waals surface area contributed by atoms with Crippen LogP contribution in [0, 0.1) is 6.92 Å². The van der Waals surface area contributed by atoms with Crippen LogP contribution < -0.4 is 10.9 Å². The van der Waals surface area contributed by atoms with Gasteiger partial charge in [0.1, 0.15) is 11.2 Å². The summed E-state index contributed by atoms with van der Waals surface area (Å²) in [6.45, 7) is 4.34. The normalized spacial score (nSPS) is 10.8. The lowest BCUT2D eigenvalue weighted by Crippen LogP contribution is -2.23. The van der Waals surface area contributed by atoms with Crippen LogP contribution in [0.2, 0.25) is 0 Å². The molecule has 0 spiro atoms. The number of carbonyl (C=O) groups excluding carboxylic acids is 1. The van der Waals surface area contributed by atoms with Gasteiger partial charge >= 0.3 is 0 Å². The Hall–Kier alpha value is -3.80. The lowest BCUT2D eigenvalue weighted by Gasteiger charge is -2.10. The zero-order valence-corrected chi connectivity index (χ0v) is 16.2. The molecular formula is C23H20N4O2. The molecule has 0 saturated heterocycles. The number of aromatic nitrogens is 3. The number of hydrogen-bond acceptors (Lipinski definition) is 4. The molecule has 0 aliphatic carbocycles. The fourth-order valence-electron chi connectivity index (χ4n) is 3.24. The van der Waals surface area contributed by atoms with Gasteiger partial charge in [0.2, 0.25) is 0 Å². The van der Waals surface area contributed by atoms with Crippen LogP contribution in [0.5, 0.6) is 0 Å². The van der Waals surface area contributed by atoms with Gasteiger partial charge in [-0.25, -0.2) is 9.97 Å². The van der Waals surface area contributed by atoms with Crippen LogP contribution in [0.4, 0.5) is 5.69 Å². The van der Waals surface area contributed by atoms with Crippen LogP contribution in [-0.4, -0.2) is 20.4 Å². The van der Waals surface area contributed by atoms with Gasteiger partial charge in [-0.15, -0.1) is 0 Å². The molecule has 0 saturated carbocycles. The maximum Gasteiger partial charge on any atom is 0.278 e. The smallest absolute Gasteiger partial charge is 0.278 e. The third kappa shape index (κ3) is 3.52. The number of nitrogens with one attached hydrogen (secondary N) is 1. The third-order valence-electron chi connectivity index (χ3n) is 4.83. The van der Waals surface area contributed by atoms with E-state index in [1.807, 2.05) is 44.2 Å².